The minimum atomic E-state index is -0.111. The van der Waals surface area contributed by atoms with Gasteiger partial charge in [0.05, 0.1) is 0 Å². The molecule has 2 saturated heterocycles. The maximum atomic E-state index is 14.0. The number of rotatable bonds is 3. The van der Waals surface area contributed by atoms with Crippen LogP contribution in [0.25, 0.3) is 0 Å². The van der Waals surface area contributed by atoms with Crippen molar-refractivity contribution < 1.29 is 9.18 Å². The number of likely N-dealkylation sites (tertiary alicyclic amines) is 2. The van der Waals surface area contributed by atoms with Crippen LogP contribution in [0.3, 0.4) is 0 Å². The Hall–Kier alpha value is -1.68. The van der Waals surface area contributed by atoms with E-state index in [4.69, 9.17) is 0 Å². The highest BCUT2D eigenvalue weighted by Crippen LogP contribution is 2.40. The standard InChI is InChI=1S/C22H29FN2O/c23-20-10-5-4-9-19(20)15-24-13-6-11-22(16-24)12-14-25(17-22)21(26)18-7-2-1-3-8-18/h4-5,7,9-10H,1-3,6,8,11-17H2/t22-/m1/s1. The molecule has 0 unspecified atom stereocenters. The highest BCUT2D eigenvalue weighted by Gasteiger charge is 2.43. The minimum Gasteiger partial charge on any atom is -0.338 e. The molecular formula is C22H29FN2O. The molecule has 0 N–H and O–H groups in total. The van der Waals surface area contributed by atoms with E-state index in [1.807, 2.05) is 12.1 Å². The molecule has 2 aliphatic heterocycles. The van der Waals surface area contributed by atoms with Crippen molar-refractivity contribution >= 4 is 5.91 Å². The number of piperidine rings is 1. The lowest BCUT2D eigenvalue weighted by Crippen LogP contribution is -2.45. The number of carbonyl (C=O) groups is 1. The molecule has 3 aliphatic rings. The predicted octanol–water partition coefficient (Wildman–Crippen LogP) is 4.14. The van der Waals surface area contributed by atoms with E-state index in [0.29, 0.717) is 6.54 Å². The molecule has 2 heterocycles. The van der Waals surface area contributed by atoms with E-state index in [9.17, 15) is 9.18 Å². The van der Waals surface area contributed by atoms with Crippen LogP contribution in [0.15, 0.2) is 35.9 Å². The van der Waals surface area contributed by atoms with Crippen molar-refractivity contribution in [2.75, 3.05) is 26.2 Å². The van der Waals surface area contributed by atoms with E-state index in [1.54, 1.807) is 12.1 Å². The van der Waals surface area contributed by atoms with Gasteiger partial charge in [0.1, 0.15) is 5.82 Å². The Bertz CT molecular complexity index is 701. The first kappa shape index (κ1) is 17.7. The Morgan fingerprint density at radius 2 is 1.96 bits per heavy atom. The molecule has 0 saturated carbocycles. The van der Waals surface area contributed by atoms with E-state index in [0.717, 1.165) is 69.4 Å². The SMILES string of the molecule is O=C(C1=CCCCC1)N1CC[C@@]2(CCCN(Cc3ccccc3F)C2)C1. The predicted molar refractivity (Wildman–Crippen MR) is 101 cm³/mol. The zero-order chi connectivity index (χ0) is 18.0. The second-order valence-electron chi connectivity index (χ2n) is 8.36. The van der Waals surface area contributed by atoms with Gasteiger partial charge in [-0.15, -0.1) is 0 Å². The number of benzene rings is 1. The van der Waals surface area contributed by atoms with Gasteiger partial charge >= 0.3 is 0 Å². The fourth-order valence-electron chi connectivity index (χ4n) is 4.99. The Labute approximate surface area is 155 Å². The fourth-order valence-corrected chi connectivity index (χ4v) is 4.99. The summed E-state index contributed by atoms with van der Waals surface area (Å²) in [5.74, 6) is 0.160. The van der Waals surface area contributed by atoms with Crippen molar-refractivity contribution in [3.8, 4) is 0 Å². The number of amides is 1. The summed E-state index contributed by atoms with van der Waals surface area (Å²) in [5.41, 5.74) is 2.02. The van der Waals surface area contributed by atoms with Gasteiger partial charge in [-0.1, -0.05) is 24.3 Å². The lowest BCUT2D eigenvalue weighted by atomic mass is 9.79. The molecule has 0 radical (unpaired) electrons. The van der Waals surface area contributed by atoms with E-state index in [-0.39, 0.29) is 17.1 Å². The Kier molecular flexibility index (Phi) is 5.12. The first-order chi connectivity index (χ1) is 12.7. The normalized spacial score (nSPS) is 27.0. The van der Waals surface area contributed by atoms with Crippen LogP contribution in [0.1, 0.15) is 50.5 Å². The van der Waals surface area contributed by atoms with Crippen LogP contribution in [0.5, 0.6) is 0 Å². The third-order valence-electron chi connectivity index (χ3n) is 6.38. The molecule has 0 aromatic heterocycles. The Balaban J connectivity index is 1.40. The van der Waals surface area contributed by atoms with Gasteiger partial charge in [0.25, 0.3) is 0 Å². The van der Waals surface area contributed by atoms with Crippen LogP contribution in [-0.2, 0) is 11.3 Å². The summed E-state index contributed by atoms with van der Waals surface area (Å²) >= 11 is 0. The maximum absolute atomic E-state index is 14.0. The molecule has 2 fully saturated rings. The molecule has 1 aromatic rings. The topological polar surface area (TPSA) is 23.6 Å². The minimum absolute atomic E-state index is 0.111. The first-order valence-electron chi connectivity index (χ1n) is 10.1. The summed E-state index contributed by atoms with van der Waals surface area (Å²) in [6.07, 6.45) is 9.92. The number of nitrogens with zero attached hydrogens (tertiary/aromatic N) is 2. The van der Waals surface area contributed by atoms with Crippen LogP contribution < -0.4 is 0 Å². The van der Waals surface area contributed by atoms with Crippen molar-refractivity contribution in [3.63, 3.8) is 0 Å². The van der Waals surface area contributed by atoms with E-state index >= 15 is 0 Å². The van der Waals surface area contributed by atoms with Gasteiger partial charge in [-0.2, -0.15) is 0 Å². The first-order valence-corrected chi connectivity index (χ1v) is 10.1. The van der Waals surface area contributed by atoms with Gasteiger partial charge < -0.3 is 4.90 Å². The van der Waals surface area contributed by atoms with Crippen LogP contribution in [0, 0.1) is 11.2 Å². The summed E-state index contributed by atoms with van der Waals surface area (Å²) in [5, 5.41) is 0. The monoisotopic (exact) mass is 356 g/mol. The molecule has 1 atom stereocenters. The average molecular weight is 356 g/mol. The molecule has 140 valence electrons. The van der Waals surface area contributed by atoms with E-state index in [1.165, 1.54) is 12.8 Å². The van der Waals surface area contributed by atoms with Crippen molar-refractivity contribution in [2.24, 2.45) is 5.41 Å². The molecule has 3 nitrogen and oxygen atoms in total. The Morgan fingerprint density at radius 3 is 2.77 bits per heavy atom. The largest absolute Gasteiger partial charge is 0.338 e. The van der Waals surface area contributed by atoms with Crippen LogP contribution in [-0.4, -0.2) is 41.9 Å². The highest BCUT2D eigenvalue weighted by molar-refractivity contribution is 5.93. The third kappa shape index (κ3) is 3.71. The molecule has 1 aliphatic carbocycles. The van der Waals surface area contributed by atoms with Crippen molar-refractivity contribution in [1.82, 2.24) is 9.80 Å². The summed E-state index contributed by atoms with van der Waals surface area (Å²) in [4.78, 5) is 17.3. The average Bonchev–Trinajstić information content (AvgIpc) is 3.07. The van der Waals surface area contributed by atoms with E-state index in [2.05, 4.69) is 15.9 Å². The third-order valence-corrected chi connectivity index (χ3v) is 6.38. The second kappa shape index (κ2) is 7.51. The lowest BCUT2D eigenvalue weighted by Gasteiger charge is -2.40. The molecule has 1 amide bonds. The molecular weight excluding hydrogens is 327 g/mol. The summed E-state index contributed by atoms with van der Waals surface area (Å²) < 4.78 is 14.0. The zero-order valence-electron chi connectivity index (χ0n) is 15.6. The molecule has 0 bridgehead atoms. The van der Waals surface area contributed by atoms with E-state index < -0.39 is 0 Å². The number of allylic oxidation sites excluding steroid dienone is 1. The Morgan fingerprint density at radius 1 is 1.08 bits per heavy atom. The summed E-state index contributed by atoms with van der Waals surface area (Å²) in [6.45, 7) is 4.42. The summed E-state index contributed by atoms with van der Waals surface area (Å²) in [6, 6.07) is 7.09. The smallest absolute Gasteiger partial charge is 0.249 e. The molecule has 4 rings (SSSR count). The number of hydrogen-bond donors (Lipinski definition) is 0. The van der Waals surface area contributed by atoms with Crippen LogP contribution >= 0.6 is 0 Å². The number of carbonyl (C=O) groups excluding carboxylic acids is 1. The van der Waals surface area contributed by atoms with Gasteiger partial charge in [-0.25, -0.2) is 4.39 Å². The van der Waals surface area contributed by atoms with Gasteiger partial charge in [0.15, 0.2) is 0 Å². The van der Waals surface area contributed by atoms with Gasteiger partial charge in [0.2, 0.25) is 5.91 Å². The van der Waals surface area contributed by atoms with Crippen molar-refractivity contribution in [3.05, 3.63) is 47.3 Å². The molecule has 1 spiro atoms. The molecule has 1 aromatic carbocycles. The zero-order valence-corrected chi connectivity index (χ0v) is 15.6. The van der Waals surface area contributed by atoms with Crippen molar-refractivity contribution in [2.45, 2.75) is 51.5 Å². The molecule has 26 heavy (non-hydrogen) atoms. The van der Waals surface area contributed by atoms with Crippen LogP contribution in [0.4, 0.5) is 4.39 Å². The molecule has 4 heteroatoms. The fraction of sp³-hybridized carbons (Fsp3) is 0.591. The lowest BCUT2D eigenvalue weighted by molar-refractivity contribution is -0.127. The highest BCUT2D eigenvalue weighted by atomic mass is 19.1. The number of hydrogen-bond acceptors (Lipinski definition) is 2. The van der Waals surface area contributed by atoms with Gasteiger partial charge in [0, 0.05) is 42.7 Å². The van der Waals surface area contributed by atoms with Gasteiger partial charge in [-0.3, -0.25) is 9.69 Å². The second-order valence-corrected chi connectivity index (χ2v) is 8.36. The van der Waals surface area contributed by atoms with Gasteiger partial charge in [-0.05, 0) is 57.6 Å². The number of halogens is 1. The quantitative estimate of drug-likeness (QED) is 0.813. The maximum Gasteiger partial charge on any atom is 0.249 e. The van der Waals surface area contributed by atoms with Crippen LogP contribution in [0.2, 0.25) is 0 Å². The van der Waals surface area contributed by atoms with Crippen molar-refractivity contribution in [1.29, 1.82) is 0 Å². The summed E-state index contributed by atoms with van der Waals surface area (Å²) in [7, 11) is 0.